The lowest BCUT2D eigenvalue weighted by Crippen LogP contribution is -2.47. The molecule has 4 aliphatic rings. The first-order valence-electron chi connectivity index (χ1n) is 10.0. The molecule has 150 valence electrons. The van der Waals surface area contributed by atoms with E-state index in [9.17, 15) is 19.5 Å². The van der Waals surface area contributed by atoms with Gasteiger partial charge in [0.15, 0.2) is 0 Å². The Hall–Kier alpha value is -2.15. The molecule has 0 spiro atoms. The first-order chi connectivity index (χ1) is 13.5. The summed E-state index contributed by atoms with van der Waals surface area (Å²) in [6, 6.07) is 0. The van der Waals surface area contributed by atoms with Crippen LogP contribution in [0.2, 0.25) is 0 Å². The molecule has 0 saturated heterocycles. The van der Waals surface area contributed by atoms with Crippen LogP contribution >= 0.6 is 11.3 Å². The van der Waals surface area contributed by atoms with Gasteiger partial charge in [-0.2, -0.15) is 0 Å². The van der Waals surface area contributed by atoms with Gasteiger partial charge in [-0.05, 0) is 62.8 Å². The number of nitrogens with one attached hydrogen (secondary N) is 1. The molecule has 0 aromatic carbocycles. The fourth-order valence-corrected chi connectivity index (χ4v) is 6.24. The summed E-state index contributed by atoms with van der Waals surface area (Å²) in [6.07, 6.45) is 9.37. The van der Waals surface area contributed by atoms with Crippen molar-refractivity contribution in [3.05, 3.63) is 28.2 Å². The predicted octanol–water partition coefficient (Wildman–Crippen LogP) is 3.66. The molecule has 1 aromatic rings. The Morgan fingerprint density at radius 1 is 1.14 bits per heavy atom. The number of esters is 1. The summed E-state index contributed by atoms with van der Waals surface area (Å²) in [7, 11) is 0. The van der Waals surface area contributed by atoms with Gasteiger partial charge in [0.2, 0.25) is 5.91 Å². The molecule has 0 radical (unpaired) electrons. The number of ether oxygens (including phenoxy) is 1. The average Bonchev–Trinajstić information content (AvgIpc) is 3.06. The van der Waals surface area contributed by atoms with Gasteiger partial charge < -0.3 is 15.2 Å². The van der Waals surface area contributed by atoms with Crippen molar-refractivity contribution < 1.29 is 24.2 Å². The molecule has 4 aliphatic carbocycles. The largest absolute Gasteiger partial charge is 0.481 e. The second kappa shape index (κ2) is 7.70. The molecular formula is C21H25NO5S. The summed E-state index contributed by atoms with van der Waals surface area (Å²) in [5.74, 6) is -3.09. The van der Waals surface area contributed by atoms with Gasteiger partial charge in [0.05, 0.1) is 24.0 Å². The molecule has 1 saturated carbocycles. The molecule has 2 bridgehead atoms. The monoisotopic (exact) mass is 403 g/mol. The number of anilines is 1. The lowest BCUT2D eigenvalue weighted by Gasteiger charge is -2.41. The number of carboxylic acids is 1. The molecule has 4 atom stereocenters. The van der Waals surface area contributed by atoms with Crippen LogP contribution < -0.4 is 5.32 Å². The fourth-order valence-electron chi connectivity index (χ4n) is 4.96. The minimum Gasteiger partial charge on any atom is -0.481 e. The van der Waals surface area contributed by atoms with Crippen LogP contribution in [0.4, 0.5) is 5.00 Å². The molecule has 0 unspecified atom stereocenters. The summed E-state index contributed by atoms with van der Waals surface area (Å²) in [5, 5.41) is 13.2. The number of aryl methyl sites for hydroxylation is 1. The van der Waals surface area contributed by atoms with E-state index >= 15 is 0 Å². The van der Waals surface area contributed by atoms with E-state index in [1.807, 2.05) is 12.2 Å². The Kier molecular flexibility index (Phi) is 5.27. The molecule has 28 heavy (non-hydrogen) atoms. The third-order valence-corrected chi connectivity index (χ3v) is 7.43. The molecule has 1 fully saturated rings. The van der Waals surface area contributed by atoms with Crippen molar-refractivity contribution in [2.24, 2.45) is 23.7 Å². The highest BCUT2D eigenvalue weighted by Crippen LogP contribution is 2.46. The SMILES string of the molecule is CCOC(=O)c1c(NC(=O)[C@@H]2[C@H](C(=O)O)[C@H]3C=C[C@H]2CC3)sc2c1CCCC2. The Labute approximate surface area is 168 Å². The third kappa shape index (κ3) is 3.26. The minimum atomic E-state index is -0.921. The van der Waals surface area contributed by atoms with Crippen molar-refractivity contribution in [3.63, 3.8) is 0 Å². The topological polar surface area (TPSA) is 92.7 Å². The molecular weight excluding hydrogens is 378 g/mol. The van der Waals surface area contributed by atoms with Gasteiger partial charge in [-0.3, -0.25) is 9.59 Å². The summed E-state index contributed by atoms with van der Waals surface area (Å²) in [4.78, 5) is 38.7. The number of hydrogen-bond acceptors (Lipinski definition) is 5. The summed E-state index contributed by atoms with van der Waals surface area (Å²) in [5.41, 5.74) is 1.46. The molecule has 2 N–H and O–H groups in total. The van der Waals surface area contributed by atoms with E-state index in [0.29, 0.717) is 10.6 Å². The van der Waals surface area contributed by atoms with Crippen LogP contribution in [0.15, 0.2) is 12.2 Å². The van der Waals surface area contributed by atoms with Crippen LogP contribution in [0.5, 0.6) is 0 Å². The van der Waals surface area contributed by atoms with E-state index in [-0.39, 0.29) is 24.3 Å². The number of carboxylic acid groups (broad SMARTS) is 1. The van der Waals surface area contributed by atoms with Gasteiger partial charge in [0.25, 0.3) is 0 Å². The fraction of sp³-hybridized carbons (Fsp3) is 0.571. The second-order valence-corrected chi connectivity index (χ2v) is 8.91. The molecule has 1 amide bonds. The molecule has 6 nitrogen and oxygen atoms in total. The van der Waals surface area contributed by atoms with Crippen molar-refractivity contribution >= 4 is 34.2 Å². The van der Waals surface area contributed by atoms with E-state index in [4.69, 9.17) is 4.74 Å². The normalized spacial score (nSPS) is 27.9. The van der Waals surface area contributed by atoms with E-state index in [0.717, 1.165) is 49.0 Å². The highest BCUT2D eigenvalue weighted by Gasteiger charge is 2.48. The highest BCUT2D eigenvalue weighted by molar-refractivity contribution is 7.17. The third-order valence-electron chi connectivity index (χ3n) is 6.22. The van der Waals surface area contributed by atoms with Crippen LogP contribution in [0, 0.1) is 23.7 Å². The van der Waals surface area contributed by atoms with Crippen molar-refractivity contribution in [1.82, 2.24) is 0 Å². The van der Waals surface area contributed by atoms with Crippen LogP contribution in [-0.4, -0.2) is 29.6 Å². The maximum atomic E-state index is 13.2. The van der Waals surface area contributed by atoms with Gasteiger partial charge in [0.1, 0.15) is 5.00 Å². The van der Waals surface area contributed by atoms with Gasteiger partial charge in [0, 0.05) is 4.88 Å². The van der Waals surface area contributed by atoms with Crippen molar-refractivity contribution in [2.45, 2.75) is 45.4 Å². The van der Waals surface area contributed by atoms with Crippen LogP contribution in [0.25, 0.3) is 0 Å². The molecule has 1 heterocycles. The van der Waals surface area contributed by atoms with Crippen LogP contribution in [0.3, 0.4) is 0 Å². The van der Waals surface area contributed by atoms with Crippen molar-refractivity contribution in [2.75, 3.05) is 11.9 Å². The Bertz CT molecular complexity index is 842. The highest BCUT2D eigenvalue weighted by atomic mass is 32.1. The maximum absolute atomic E-state index is 13.2. The number of carbonyl (C=O) groups is 3. The smallest absolute Gasteiger partial charge is 0.341 e. The van der Waals surface area contributed by atoms with Crippen molar-refractivity contribution in [1.29, 1.82) is 0 Å². The predicted molar refractivity (Wildman–Crippen MR) is 106 cm³/mol. The van der Waals surface area contributed by atoms with Crippen LogP contribution in [-0.2, 0) is 27.2 Å². The van der Waals surface area contributed by atoms with E-state index in [1.54, 1.807) is 6.92 Å². The van der Waals surface area contributed by atoms with Crippen LogP contribution in [0.1, 0.15) is 53.4 Å². The molecule has 0 aliphatic heterocycles. The molecule has 1 aromatic heterocycles. The van der Waals surface area contributed by atoms with Gasteiger partial charge in [-0.1, -0.05) is 12.2 Å². The lowest BCUT2D eigenvalue weighted by atomic mass is 9.62. The zero-order chi connectivity index (χ0) is 19.8. The number of amides is 1. The standard InChI is InChI=1S/C21H25NO5S/c1-2-27-21(26)17-13-5-3-4-6-14(13)28-19(17)22-18(23)15-11-7-9-12(10-8-11)16(15)20(24)25/h7,9,11-12,15-16H,2-6,8,10H2,1H3,(H,22,23)(H,24,25)/t11-,12-,15-,16+/m0/s1. The van der Waals surface area contributed by atoms with E-state index in [2.05, 4.69) is 5.32 Å². The number of fused-ring (bicyclic) bond motifs is 3. The van der Waals surface area contributed by atoms with E-state index < -0.39 is 23.8 Å². The molecule has 5 rings (SSSR count). The number of hydrogen-bond donors (Lipinski definition) is 2. The van der Waals surface area contributed by atoms with Gasteiger partial charge >= 0.3 is 11.9 Å². The van der Waals surface area contributed by atoms with Gasteiger partial charge in [-0.25, -0.2) is 4.79 Å². The number of carbonyl (C=O) groups excluding carboxylic acids is 2. The second-order valence-electron chi connectivity index (χ2n) is 7.80. The van der Waals surface area contributed by atoms with E-state index in [1.165, 1.54) is 11.3 Å². The maximum Gasteiger partial charge on any atom is 0.341 e. The Morgan fingerprint density at radius 2 is 1.82 bits per heavy atom. The number of rotatable bonds is 5. The zero-order valence-corrected chi connectivity index (χ0v) is 16.7. The summed E-state index contributed by atoms with van der Waals surface area (Å²) >= 11 is 1.44. The summed E-state index contributed by atoms with van der Waals surface area (Å²) < 4.78 is 5.24. The number of aliphatic carboxylic acids is 1. The lowest BCUT2D eigenvalue weighted by molar-refractivity contribution is -0.151. The first kappa shape index (κ1) is 19.2. The average molecular weight is 404 g/mol. The molecule has 7 heteroatoms. The zero-order valence-electron chi connectivity index (χ0n) is 15.9. The minimum absolute atomic E-state index is 0.0632. The number of thiophene rings is 1. The summed E-state index contributed by atoms with van der Waals surface area (Å²) in [6.45, 7) is 2.03. The quantitative estimate of drug-likeness (QED) is 0.578. The Morgan fingerprint density at radius 3 is 2.46 bits per heavy atom. The Balaban J connectivity index is 1.64. The van der Waals surface area contributed by atoms with Gasteiger partial charge in [-0.15, -0.1) is 11.3 Å². The first-order valence-corrected chi connectivity index (χ1v) is 10.9. The number of allylic oxidation sites excluding steroid dienone is 2. The van der Waals surface area contributed by atoms with Crippen molar-refractivity contribution in [3.8, 4) is 0 Å².